The first-order chi connectivity index (χ1) is 6.32. The van der Waals surface area contributed by atoms with Crippen LogP contribution in [0, 0.1) is 6.92 Å². The molecular weight excluding hydrogens is 191 g/mol. The minimum Gasteiger partial charge on any atom is -0.423 e. The van der Waals surface area contributed by atoms with Crippen molar-refractivity contribution >= 4 is 25.8 Å². The molecule has 2 N–H and O–H groups in total. The Morgan fingerprint density at radius 1 is 1.14 bits per heavy atom. The van der Waals surface area contributed by atoms with Crippen LogP contribution in [0.3, 0.4) is 0 Å². The molecule has 0 spiro atoms. The summed E-state index contributed by atoms with van der Waals surface area (Å²) in [7, 11) is -2.83. The van der Waals surface area contributed by atoms with E-state index in [2.05, 4.69) is 19.6 Å². The van der Waals surface area contributed by atoms with Crippen molar-refractivity contribution in [1.29, 1.82) is 0 Å². The van der Waals surface area contributed by atoms with Gasteiger partial charge in [0.25, 0.3) is 0 Å². The summed E-state index contributed by atoms with van der Waals surface area (Å²) >= 11 is 0. The fraction of sp³-hybridized carbons (Fsp3) is 0.400. The fourth-order valence-electron chi connectivity index (χ4n) is 1.58. The van der Waals surface area contributed by atoms with Crippen LogP contribution in [0.1, 0.15) is 5.56 Å². The van der Waals surface area contributed by atoms with Crippen molar-refractivity contribution in [2.75, 3.05) is 0 Å². The van der Waals surface area contributed by atoms with Crippen LogP contribution in [0.5, 0.6) is 0 Å². The van der Waals surface area contributed by atoms with Crippen LogP contribution < -0.4 is 10.6 Å². The van der Waals surface area contributed by atoms with E-state index in [0.717, 1.165) is 10.8 Å². The average Bonchev–Trinajstić information content (AvgIpc) is 2.01. The Balaban J connectivity index is 3.29. The van der Waals surface area contributed by atoms with E-state index >= 15 is 0 Å². The fourth-order valence-corrected chi connectivity index (χ4v) is 3.23. The van der Waals surface area contributed by atoms with Crippen molar-refractivity contribution in [3.8, 4) is 0 Å². The molecule has 0 radical (unpaired) electrons. The van der Waals surface area contributed by atoms with E-state index in [1.165, 1.54) is 0 Å². The van der Waals surface area contributed by atoms with E-state index < -0.39 is 15.2 Å². The molecule has 0 saturated heterocycles. The van der Waals surface area contributed by atoms with Crippen LogP contribution in [0.4, 0.5) is 0 Å². The lowest BCUT2D eigenvalue weighted by atomic mass is 9.79. The Labute approximate surface area is 86.8 Å². The first-order valence-electron chi connectivity index (χ1n) is 4.79. The van der Waals surface area contributed by atoms with Gasteiger partial charge in [0.05, 0.1) is 8.07 Å². The molecule has 1 rings (SSSR count). The second-order valence-electron chi connectivity index (χ2n) is 4.71. The van der Waals surface area contributed by atoms with E-state index in [1.54, 1.807) is 0 Å². The third-order valence-corrected chi connectivity index (χ3v) is 4.36. The van der Waals surface area contributed by atoms with Crippen molar-refractivity contribution in [3.63, 3.8) is 0 Å². The first kappa shape index (κ1) is 11.5. The second-order valence-corrected chi connectivity index (χ2v) is 9.75. The van der Waals surface area contributed by atoms with E-state index in [4.69, 9.17) is 0 Å². The average molecular weight is 208 g/mol. The Kier molecular flexibility index (Phi) is 3.19. The Hall–Kier alpha value is -0.578. The molecule has 0 heterocycles. The van der Waals surface area contributed by atoms with Crippen molar-refractivity contribution in [3.05, 3.63) is 23.8 Å². The number of hydrogen-bond acceptors (Lipinski definition) is 2. The number of rotatable bonds is 2. The van der Waals surface area contributed by atoms with Crippen LogP contribution in [-0.2, 0) is 0 Å². The summed E-state index contributed by atoms with van der Waals surface area (Å²) in [5.74, 6) is 0. The Morgan fingerprint density at radius 2 is 1.71 bits per heavy atom. The van der Waals surface area contributed by atoms with Gasteiger partial charge in [0.15, 0.2) is 0 Å². The maximum atomic E-state index is 9.27. The zero-order chi connectivity index (χ0) is 10.9. The normalized spacial score (nSPS) is 11.6. The predicted octanol–water partition coefficient (Wildman–Crippen LogP) is 0.220. The summed E-state index contributed by atoms with van der Waals surface area (Å²) in [4.78, 5) is 0. The van der Waals surface area contributed by atoms with E-state index in [9.17, 15) is 10.0 Å². The predicted molar refractivity (Wildman–Crippen MR) is 64.0 cm³/mol. The quantitative estimate of drug-likeness (QED) is 0.682. The summed E-state index contributed by atoms with van der Waals surface area (Å²) in [6, 6.07) is 5.91. The highest BCUT2D eigenvalue weighted by Crippen LogP contribution is 2.02. The van der Waals surface area contributed by atoms with Gasteiger partial charge < -0.3 is 10.0 Å². The lowest BCUT2D eigenvalue weighted by Gasteiger charge is -2.21. The summed E-state index contributed by atoms with van der Waals surface area (Å²) < 4.78 is 0. The molecule has 0 aliphatic heterocycles. The molecule has 0 bridgehead atoms. The monoisotopic (exact) mass is 208 g/mol. The number of benzene rings is 1. The van der Waals surface area contributed by atoms with Gasteiger partial charge in [-0.05, 0) is 12.4 Å². The SMILES string of the molecule is Cc1ccc([Si](C)(C)C)c(B(O)O)c1. The zero-order valence-electron chi connectivity index (χ0n) is 9.20. The second kappa shape index (κ2) is 3.89. The first-order valence-corrected chi connectivity index (χ1v) is 8.29. The van der Waals surface area contributed by atoms with Crippen LogP contribution in [0.25, 0.3) is 0 Å². The molecule has 0 amide bonds. The molecule has 14 heavy (non-hydrogen) atoms. The number of aryl methyl sites for hydroxylation is 1. The van der Waals surface area contributed by atoms with E-state index in [1.807, 2.05) is 25.1 Å². The van der Waals surface area contributed by atoms with Gasteiger partial charge in [-0.3, -0.25) is 0 Å². The summed E-state index contributed by atoms with van der Waals surface area (Å²) in [5, 5.41) is 19.7. The van der Waals surface area contributed by atoms with Gasteiger partial charge in [0.2, 0.25) is 0 Å². The van der Waals surface area contributed by atoms with Gasteiger partial charge in [0.1, 0.15) is 0 Å². The van der Waals surface area contributed by atoms with E-state index in [0.29, 0.717) is 5.46 Å². The molecule has 0 unspecified atom stereocenters. The van der Waals surface area contributed by atoms with Crippen molar-refractivity contribution < 1.29 is 10.0 Å². The van der Waals surface area contributed by atoms with Crippen molar-refractivity contribution in [2.24, 2.45) is 0 Å². The van der Waals surface area contributed by atoms with Crippen LogP contribution >= 0.6 is 0 Å². The highest BCUT2D eigenvalue weighted by atomic mass is 28.3. The molecule has 0 aliphatic carbocycles. The van der Waals surface area contributed by atoms with Gasteiger partial charge in [-0.25, -0.2) is 0 Å². The molecule has 1 aromatic rings. The van der Waals surface area contributed by atoms with Crippen molar-refractivity contribution in [1.82, 2.24) is 0 Å². The zero-order valence-corrected chi connectivity index (χ0v) is 10.2. The highest BCUT2D eigenvalue weighted by molar-refractivity contribution is 6.92. The van der Waals surface area contributed by atoms with Gasteiger partial charge in [-0.2, -0.15) is 0 Å². The molecule has 0 aliphatic rings. The summed E-state index contributed by atoms with van der Waals surface area (Å²) in [6.45, 7) is 8.55. The summed E-state index contributed by atoms with van der Waals surface area (Å²) in [5.41, 5.74) is 1.74. The van der Waals surface area contributed by atoms with Crippen molar-refractivity contribution in [2.45, 2.75) is 26.6 Å². The molecule has 0 aromatic heterocycles. The van der Waals surface area contributed by atoms with Gasteiger partial charge >= 0.3 is 7.12 Å². The maximum absolute atomic E-state index is 9.27. The van der Waals surface area contributed by atoms with Crippen LogP contribution in [-0.4, -0.2) is 25.2 Å². The minimum atomic E-state index is -1.48. The third kappa shape index (κ3) is 2.47. The molecule has 0 atom stereocenters. The van der Waals surface area contributed by atoms with Gasteiger partial charge in [0, 0.05) is 0 Å². The summed E-state index contributed by atoms with van der Waals surface area (Å²) in [6.07, 6.45) is 0. The Bertz CT molecular complexity index is 331. The lowest BCUT2D eigenvalue weighted by molar-refractivity contribution is 0.426. The molecule has 0 fully saturated rings. The van der Waals surface area contributed by atoms with Gasteiger partial charge in [-0.15, -0.1) is 0 Å². The largest absolute Gasteiger partial charge is 0.488 e. The molecule has 76 valence electrons. The molecule has 0 saturated carbocycles. The number of hydrogen-bond donors (Lipinski definition) is 2. The minimum absolute atomic E-state index is 0.671. The molecule has 1 aromatic carbocycles. The van der Waals surface area contributed by atoms with Crippen LogP contribution in [0.2, 0.25) is 19.6 Å². The molecule has 2 nitrogen and oxygen atoms in total. The maximum Gasteiger partial charge on any atom is 0.488 e. The lowest BCUT2D eigenvalue weighted by Crippen LogP contribution is -2.53. The third-order valence-electron chi connectivity index (χ3n) is 2.29. The topological polar surface area (TPSA) is 40.5 Å². The Morgan fingerprint density at radius 3 is 2.14 bits per heavy atom. The molecule has 4 heteroatoms. The standard InChI is InChI=1S/C10H17BO2Si/c1-8-5-6-10(14(2,3)4)9(7-8)11(12)13/h5-7,12-13H,1-4H3. The highest BCUT2D eigenvalue weighted by Gasteiger charge is 2.25. The van der Waals surface area contributed by atoms with E-state index in [-0.39, 0.29) is 0 Å². The molecular formula is C10H17BO2Si. The van der Waals surface area contributed by atoms with Crippen LogP contribution in [0.15, 0.2) is 18.2 Å². The smallest absolute Gasteiger partial charge is 0.423 e. The van der Waals surface area contributed by atoms with Gasteiger partial charge in [-0.1, -0.05) is 48.6 Å².